The summed E-state index contributed by atoms with van der Waals surface area (Å²) >= 11 is 11.7. The number of amides is 2. The first-order chi connectivity index (χ1) is 11.0. The number of anilines is 1. The van der Waals surface area contributed by atoms with E-state index in [1.807, 2.05) is 0 Å². The Bertz CT molecular complexity index is 738. The van der Waals surface area contributed by atoms with Gasteiger partial charge in [-0.2, -0.15) is 0 Å². The van der Waals surface area contributed by atoms with Crippen LogP contribution in [0.3, 0.4) is 0 Å². The molecule has 0 spiro atoms. The molecule has 0 saturated carbocycles. The lowest BCUT2D eigenvalue weighted by Crippen LogP contribution is -2.33. The van der Waals surface area contributed by atoms with Gasteiger partial charge in [-0.25, -0.2) is 0 Å². The lowest BCUT2D eigenvalue weighted by molar-refractivity contribution is -0.115. The molecular weight excluding hydrogens is 341 g/mol. The summed E-state index contributed by atoms with van der Waals surface area (Å²) in [6.07, 6.45) is 1.41. The third-order valence-electron chi connectivity index (χ3n) is 2.80. The highest BCUT2D eigenvalue weighted by atomic mass is 35.5. The van der Waals surface area contributed by atoms with Crippen LogP contribution >= 0.6 is 23.2 Å². The van der Waals surface area contributed by atoms with Gasteiger partial charge < -0.3 is 15.4 Å². The van der Waals surface area contributed by atoms with Crippen molar-refractivity contribution in [3.05, 3.63) is 52.3 Å². The predicted octanol–water partition coefficient (Wildman–Crippen LogP) is 2.77. The van der Waals surface area contributed by atoms with Crippen molar-refractivity contribution in [2.45, 2.75) is 0 Å². The van der Waals surface area contributed by atoms with E-state index in [1.165, 1.54) is 19.4 Å². The van der Waals surface area contributed by atoms with Gasteiger partial charge >= 0.3 is 0 Å². The lowest BCUT2D eigenvalue weighted by atomic mass is 10.3. The summed E-state index contributed by atoms with van der Waals surface area (Å²) in [5.41, 5.74) is 0.633. The number of pyridine rings is 1. The molecule has 120 valence electrons. The largest absolute Gasteiger partial charge is 0.495 e. The van der Waals surface area contributed by atoms with Crippen LogP contribution < -0.4 is 15.4 Å². The van der Waals surface area contributed by atoms with Crippen molar-refractivity contribution in [3.63, 3.8) is 0 Å². The van der Waals surface area contributed by atoms with E-state index < -0.39 is 11.8 Å². The summed E-state index contributed by atoms with van der Waals surface area (Å²) in [5.74, 6) is -0.387. The summed E-state index contributed by atoms with van der Waals surface area (Å²) in [6.45, 7) is -0.212. The maximum atomic E-state index is 11.8. The van der Waals surface area contributed by atoms with E-state index in [-0.39, 0.29) is 12.2 Å². The number of nitrogens with one attached hydrogen (secondary N) is 2. The van der Waals surface area contributed by atoms with Gasteiger partial charge in [0, 0.05) is 16.9 Å². The van der Waals surface area contributed by atoms with E-state index >= 15 is 0 Å². The normalized spacial score (nSPS) is 10.0. The molecule has 2 aromatic rings. The quantitative estimate of drug-likeness (QED) is 0.865. The molecule has 0 aliphatic heterocycles. The number of halogens is 2. The Labute approximate surface area is 142 Å². The monoisotopic (exact) mass is 353 g/mol. The molecule has 0 fully saturated rings. The summed E-state index contributed by atoms with van der Waals surface area (Å²) in [4.78, 5) is 27.5. The maximum Gasteiger partial charge on any atom is 0.270 e. The SMILES string of the molecule is COc1ccc(NC(=O)CNC(=O)c2cc(Cl)ccn2)cc1Cl. The van der Waals surface area contributed by atoms with Crippen LogP contribution in [0.15, 0.2) is 36.5 Å². The van der Waals surface area contributed by atoms with E-state index in [0.29, 0.717) is 21.5 Å². The molecule has 0 aliphatic rings. The lowest BCUT2D eigenvalue weighted by Gasteiger charge is -2.09. The Hall–Kier alpha value is -2.31. The number of carbonyl (C=O) groups excluding carboxylic acids is 2. The van der Waals surface area contributed by atoms with Crippen LogP contribution in [0.4, 0.5) is 5.69 Å². The second-order valence-electron chi connectivity index (χ2n) is 4.44. The number of aromatic nitrogens is 1. The molecule has 2 rings (SSSR count). The standard InChI is InChI=1S/C15H13Cl2N3O3/c1-23-13-3-2-10(7-11(13)17)20-14(21)8-19-15(22)12-6-9(16)4-5-18-12/h2-7H,8H2,1H3,(H,19,22)(H,20,21). The molecule has 8 heteroatoms. The molecule has 0 atom stereocenters. The van der Waals surface area contributed by atoms with Gasteiger partial charge in [0.1, 0.15) is 11.4 Å². The molecule has 23 heavy (non-hydrogen) atoms. The molecule has 6 nitrogen and oxygen atoms in total. The van der Waals surface area contributed by atoms with E-state index in [2.05, 4.69) is 15.6 Å². The summed E-state index contributed by atoms with van der Waals surface area (Å²) in [6, 6.07) is 7.80. The first kappa shape index (κ1) is 17.1. The van der Waals surface area contributed by atoms with Gasteiger partial charge in [-0.05, 0) is 30.3 Å². The molecular formula is C15H13Cl2N3O3. The summed E-state index contributed by atoms with van der Waals surface area (Å²) in [5, 5.41) is 5.83. The second kappa shape index (κ2) is 7.80. The number of benzene rings is 1. The average Bonchev–Trinajstić information content (AvgIpc) is 2.53. The molecule has 1 aromatic heterocycles. The fourth-order valence-electron chi connectivity index (χ4n) is 1.73. The van der Waals surface area contributed by atoms with E-state index in [1.54, 1.807) is 24.3 Å². The number of methoxy groups -OCH3 is 1. The Kier molecular flexibility index (Phi) is 5.78. The second-order valence-corrected chi connectivity index (χ2v) is 5.28. The van der Waals surface area contributed by atoms with Gasteiger partial charge in [-0.3, -0.25) is 14.6 Å². The fourth-order valence-corrected chi connectivity index (χ4v) is 2.15. The Morgan fingerprint density at radius 1 is 1.22 bits per heavy atom. The molecule has 0 radical (unpaired) electrons. The minimum atomic E-state index is -0.490. The van der Waals surface area contributed by atoms with Crippen LogP contribution in [0.5, 0.6) is 5.75 Å². The van der Waals surface area contributed by atoms with Gasteiger partial charge in [0.2, 0.25) is 5.91 Å². The number of rotatable bonds is 5. The number of ether oxygens (including phenoxy) is 1. The van der Waals surface area contributed by atoms with Crippen molar-refractivity contribution in [1.29, 1.82) is 0 Å². The highest BCUT2D eigenvalue weighted by Gasteiger charge is 2.10. The zero-order valence-electron chi connectivity index (χ0n) is 12.1. The highest BCUT2D eigenvalue weighted by Crippen LogP contribution is 2.27. The Morgan fingerprint density at radius 2 is 2.00 bits per heavy atom. The fraction of sp³-hybridized carbons (Fsp3) is 0.133. The summed E-state index contributed by atoms with van der Waals surface area (Å²) in [7, 11) is 1.50. The Balaban J connectivity index is 1.90. The van der Waals surface area contributed by atoms with Crippen molar-refractivity contribution in [2.24, 2.45) is 0 Å². The van der Waals surface area contributed by atoms with Crippen molar-refractivity contribution < 1.29 is 14.3 Å². The topological polar surface area (TPSA) is 80.3 Å². The van der Waals surface area contributed by atoms with Crippen LogP contribution in [-0.2, 0) is 4.79 Å². The maximum absolute atomic E-state index is 11.8. The van der Waals surface area contributed by atoms with Crippen molar-refractivity contribution in [1.82, 2.24) is 10.3 Å². The third kappa shape index (κ3) is 4.84. The molecule has 2 amide bonds. The molecule has 0 bridgehead atoms. The van der Waals surface area contributed by atoms with E-state index in [9.17, 15) is 9.59 Å². The van der Waals surface area contributed by atoms with Gasteiger partial charge in [-0.1, -0.05) is 23.2 Å². The molecule has 0 aliphatic carbocycles. The van der Waals surface area contributed by atoms with Gasteiger partial charge in [0.05, 0.1) is 18.7 Å². The average molecular weight is 354 g/mol. The molecule has 1 heterocycles. The smallest absolute Gasteiger partial charge is 0.270 e. The summed E-state index contributed by atoms with van der Waals surface area (Å²) < 4.78 is 5.02. The van der Waals surface area contributed by atoms with Crippen LogP contribution in [0.25, 0.3) is 0 Å². The minimum absolute atomic E-state index is 0.137. The van der Waals surface area contributed by atoms with Gasteiger partial charge in [0.25, 0.3) is 5.91 Å². The van der Waals surface area contributed by atoms with Crippen molar-refractivity contribution in [2.75, 3.05) is 19.0 Å². The van der Waals surface area contributed by atoms with E-state index in [4.69, 9.17) is 27.9 Å². The number of carbonyl (C=O) groups is 2. The zero-order valence-corrected chi connectivity index (χ0v) is 13.6. The van der Waals surface area contributed by atoms with Crippen LogP contribution in [0.2, 0.25) is 10.0 Å². The molecule has 2 N–H and O–H groups in total. The Morgan fingerprint density at radius 3 is 2.65 bits per heavy atom. The first-order valence-electron chi connectivity index (χ1n) is 6.52. The van der Waals surface area contributed by atoms with Crippen LogP contribution in [-0.4, -0.2) is 30.5 Å². The van der Waals surface area contributed by atoms with Crippen LogP contribution in [0.1, 0.15) is 10.5 Å². The predicted molar refractivity (Wildman–Crippen MR) is 88.2 cm³/mol. The van der Waals surface area contributed by atoms with Gasteiger partial charge in [-0.15, -0.1) is 0 Å². The number of hydrogen-bond donors (Lipinski definition) is 2. The number of nitrogens with zero attached hydrogens (tertiary/aromatic N) is 1. The number of hydrogen-bond acceptors (Lipinski definition) is 4. The van der Waals surface area contributed by atoms with Gasteiger partial charge in [0.15, 0.2) is 0 Å². The molecule has 0 saturated heterocycles. The van der Waals surface area contributed by atoms with Crippen LogP contribution in [0, 0.1) is 0 Å². The van der Waals surface area contributed by atoms with E-state index in [0.717, 1.165) is 0 Å². The first-order valence-corrected chi connectivity index (χ1v) is 7.28. The van der Waals surface area contributed by atoms with Crippen molar-refractivity contribution >= 4 is 40.7 Å². The molecule has 0 unspecified atom stereocenters. The minimum Gasteiger partial charge on any atom is -0.495 e. The zero-order chi connectivity index (χ0) is 16.8. The molecule has 1 aromatic carbocycles. The van der Waals surface area contributed by atoms with Crippen molar-refractivity contribution in [3.8, 4) is 5.75 Å². The third-order valence-corrected chi connectivity index (χ3v) is 3.33. The highest BCUT2D eigenvalue weighted by molar-refractivity contribution is 6.32.